The summed E-state index contributed by atoms with van der Waals surface area (Å²) in [6.07, 6.45) is 0. The molecule has 0 saturated carbocycles. The van der Waals surface area contributed by atoms with E-state index in [2.05, 4.69) is 19.7 Å². The van der Waals surface area contributed by atoms with Gasteiger partial charge in [-0.25, -0.2) is 4.39 Å². The zero-order chi connectivity index (χ0) is 13.4. The molecule has 0 aliphatic heterocycles. The molecule has 0 heterocycles. The molecule has 0 bridgehead atoms. The SMILES string of the molecule is Fc1ccc(Cl)c(OCc2c[c-]ccc2)c1.[Zn+][Br]. The number of halogens is 3. The van der Waals surface area contributed by atoms with Gasteiger partial charge in [0.1, 0.15) is 11.6 Å². The first-order valence-corrected chi connectivity index (χ1v) is 12.4. The van der Waals surface area contributed by atoms with Gasteiger partial charge in [-0.2, -0.15) is 30.3 Å². The van der Waals surface area contributed by atoms with Crippen LogP contribution in [0.3, 0.4) is 0 Å². The third-order valence-corrected chi connectivity index (χ3v) is 2.37. The molecule has 1 nitrogen and oxygen atoms in total. The molecule has 0 aliphatic rings. The molecule has 2 rings (SSSR count). The zero-order valence-corrected chi connectivity index (χ0v) is 14.8. The standard InChI is InChI=1S/C13H9ClFO.BrH.Zn/c14-12-7-6-11(15)8-13(12)16-9-10-4-2-1-3-5-10;;/h1-2,4-8H,9H2;1H;/q-1;;+2/p-1. The van der Waals surface area contributed by atoms with Gasteiger partial charge in [-0.15, -0.1) is 5.56 Å². The van der Waals surface area contributed by atoms with Gasteiger partial charge in [0, 0.05) is 6.07 Å². The Balaban J connectivity index is 0.000000771. The van der Waals surface area contributed by atoms with E-state index in [4.69, 9.17) is 16.3 Å². The van der Waals surface area contributed by atoms with E-state index in [0.29, 0.717) is 17.4 Å². The molecule has 0 aromatic heterocycles. The van der Waals surface area contributed by atoms with Crippen molar-refractivity contribution in [3.8, 4) is 5.75 Å². The summed E-state index contributed by atoms with van der Waals surface area (Å²) in [7, 11) is 0. The van der Waals surface area contributed by atoms with Crippen LogP contribution in [0.5, 0.6) is 5.75 Å². The van der Waals surface area contributed by atoms with Gasteiger partial charge in [0.2, 0.25) is 0 Å². The third kappa shape index (κ3) is 5.05. The third-order valence-electron chi connectivity index (χ3n) is 2.06. The normalized spacial score (nSPS) is 9.39. The first-order chi connectivity index (χ1) is 8.75. The number of hydrogen-bond donors (Lipinski definition) is 0. The second-order valence-electron chi connectivity index (χ2n) is 3.28. The van der Waals surface area contributed by atoms with Crippen molar-refractivity contribution in [3.05, 3.63) is 64.9 Å². The van der Waals surface area contributed by atoms with Crippen molar-refractivity contribution < 1.29 is 25.5 Å². The summed E-state index contributed by atoms with van der Waals surface area (Å²) >= 11 is 10.1. The van der Waals surface area contributed by atoms with Crippen molar-refractivity contribution in [3.63, 3.8) is 0 Å². The number of rotatable bonds is 3. The molecule has 0 atom stereocenters. The molecule has 2 aromatic carbocycles. The Bertz CT molecular complexity index is 482. The van der Waals surface area contributed by atoms with Crippen LogP contribution in [0.2, 0.25) is 5.02 Å². The number of hydrogen-bond acceptors (Lipinski definition) is 1. The van der Waals surface area contributed by atoms with Crippen molar-refractivity contribution in [2.24, 2.45) is 0 Å². The van der Waals surface area contributed by atoms with Crippen LogP contribution < -0.4 is 4.74 Å². The topological polar surface area (TPSA) is 9.23 Å². The van der Waals surface area contributed by atoms with E-state index in [9.17, 15) is 4.39 Å². The molecule has 0 spiro atoms. The van der Waals surface area contributed by atoms with Crippen LogP contribution in [0.1, 0.15) is 5.56 Å². The first-order valence-electron chi connectivity index (χ1n) is 5.05. The quantitative estimate of drug-likeness (QED) is 0.554. The molecule has 0 N–H and O–H groups in total. The fourth-order valence-corrected chi connectivity index (χ4v) is 1.44. The average Bonchev–Trinajstić information content (AvgIpc) is 2.43. The minimum atomic E-state index is -0.362. The number of benzene rings is 2. The Morgan fingerprint density at radius 2 is 2.11 bits per heavy atom. The van der Waals surface area contributed by atoms with Crippen LogP contribution >= 0.6 is 25.2 Å². The number of ether oxygens (including phenoxy) is 1. The molecule has 90 valence electrons. The summed E-state index contributed by atoms with van der Waals surface area (Å²) < 4.78 is 18.3. The molecule has 0 aliphatic carbocycles. The van der Waals surface area contributed by atoms with Crippen LogP contribution in [-0.2, 0) is 22.9 Å². The van der Waals surface area contributed by atoms with E-state index < -0.39 is 0 Å². The van der Waals surface area contributed by atoms with Gasteiger partial charge in [0.25, 0.3) is 0 Å². The van der Waals surface area contributed by atoms with Crippen molar-refractivity contribution in [2.75, 3.05) is 0 Å². The summed E-state index contributed by atoms with van der Waals surface area (Å²) in [4.78, 5) is 0. The van der Waals surface area contributed by atoms with Crippen molar-refractivity contribution in [2.45, 2.75) is 6.61 Å². The Morgan fingerprint density at radius 3 is 2.78 bits per heavy atom. The van der Waals surface area contributed by atoms with Crippen molar-refractivity contribution in [1.29, 1.82) is 0 Å². The summed E-state index contributed by atoms with van der Waals surface area (Å²) in [6.45, 7) is 0.348. The first kappa shape index (κ1) is 15.6. The van der Waals surface area contributed by atoms with E-state index in [1.807, 2.05) is 18.2 Å². The van der Waals surface area contributed by atoms with Gasteiger partial charge in [0.05, 0.1) is 11.6 Å². The molecular formula is C13H9BrClFOZn. The molecule has 18 heavy (non-hydrogen) atoms. The molecule has 0 amide bonds. The predicted molar refractivity (Wildman–Crippen MR) is 69.9 cm³/mol. The maximum absolute atomic E-state index is 12.9. The van der Waals surface area contributed by atoms with Crippen LogP contribution in [0.25, 0.3) is 0 Å². The van der Waals surface area contributed by atoms with E-state index >= 15 is 0 Å². The maximum atomic E-state index is 12.9. The monoisotopic (exact) mass is 378 g/mol. The van der Waals surface area contributed by atoms with E-state index in [1.54, 1.807) is 6.07 Å². The molecule has 0 unspecified atom stereocenters. The van der Waals surface area contributed by atoms with Crippen LogP contribution in [0.4, 0.5) is 4.39 Å². The van der Waals surface area contributed by atoms with Gasteiger partial charge in [-0.3, -0.25) is 0 Å². The predicted octanol–water partition coefficient (Wildman–Crippen LogP) is 4.70. The zero-order valence-electron chi connectivity index (χ0n) is 9.50. The average molecular weight is 381 g/mol. The molecular weight excluding hydrogens is 372 g/mol. The molecule has 5 heteroatoms. The van der Waals surface area contributed by atoms with Gasteiger partial charge in [-0.05, 0) is 12.1 Å². The molecule has 2 aromatic rings. The van der Waals surface area contributed by atoms with Crippen LogP contribution in [-0.4, -0.2) is 0 Å². The fourth-order valence-electron chi connectivity index (χ4n) is 1.27. The summed E-state index contributed by atoms with van der Waals surface area (Å²) in [5, 5.41) is 0.404. The van der Waals surface area contributed by atoms with Crippen molar-refractivity contribution >= 4 is 25.2 Å². The van der Waals surface area contributed by atoms with E-state index in [-0.39, 0.29) is 5.82 Å². The van der Waals surface area contributed by atoms with Crippen molar-refractivity contribution in [1.82, 2.24) is 0 Å². The Morgan fingerprint density at radius 1 is 1.33 bits per heavy atom. The minimum absolute atomic E-state index is 0.348. The summed E-state index contributed by atoms with van der Waals surface area (Å²) in [5.74, 6) is -0.00968. The second-order valence-corrected chi connectivity index (χ2v) is 3.68. The van der Waals surface area contributed by atoms with Crippen LogP contribution in [0.15, 0.2) is 42.5 Å². The second kappa shape index (κ2) is 8.63. The van der Waals surface area contributed by atoms with E-state index in [1.165, 1.54) is 34.5 Å². The van der Waals surface area contributed by atoms with Gasteiger partial charge in [-0.1, -0.05) is 11.6 Å². The Hall–Kier alpha value is -0.437. The summed E-state index contributed by atoms with van der Waals surface area (Å²) in [5.41, 5.74) is 0.961. The molecule has 0 radical (unpaired) electrons. The molecule has 0 saturated heterocycles. The van der Waals surface area contributed by atoms with Crippen LogP contribution in [0, 0.1) is 11.9 Å². The van der Waals surface area contributed by atoms with Gasteiger partial charge in [0.15, 0.2) is 0 Å². The van der Waals surface area contributed by atoms with E-state index in [0.717, 1.165) is 5.56 Å². The Kier molecular flexibility index (Phi) is 7.49. The summed E-state index contributed by atoms with van der Waals surface area (Å²) in [6, 6.07) is 14.4. The van der Waals surface area contributed by atoms with Gasteiger partial charge >= 0.3 is 30.0 Å². The Labute approximate surface area is 127 Å². The fraction of sp³-hybridized carbons (Fsp3) is 0.0769. The molecule has 0 fully saturated rings. The van der Waals surface area contributed by atoms with Gasteiger partial charge < -0.3 is 4.74 Å².